The number of nitrogens with two attached hydrogens (primary N) is 1. The fourth-order valence-corrected chi connectivity index (χ4v) is 4.44. The SMILES string of the molecule is Cc1cc(CC(NN)c2cc3sccc3s2)n(C)n1. The molecule has 1 atom stereocenters. The number of thiophene rings is 2. The smallest absolute Gasteiger partial charge is 0.0609 e. The molecule has 0 aromatic carbocycles. The fourth-order valence-electron chi connectivity index (χ4n) is 2.26. The molecule has 3 aromatic heterocycles. The van der Waals surface area contributed by atoms with Gasteiger partial charge in [0.25, 0.3) is 0 Å². The lowest BCUT2D eigenvalue weighted by atomic mass is 10.1. The van der Waals surface area contributed by atoms with Gasteiger partial charge < -0.3 is 0 Å². The van der Waals surface area contributed by atoms with E-state index in [4.69, 9.17) is 5.84 Å². The molecule has 4 nitrogen and oxygen atoms in total. The molecule has 0 saturated carbocycles. The summed E-state index contributed by atoms with van der Waals surface area (Å²) in [6.45, 7) is 2.01. The van der Waals surface area contributed by atoms with E-state index in [-0.39, 0.29) is 6.04 Å². The topological polar surface area (TPSA) is 55.9 Å². The Labute approximate surface area is 119 Å². The Kier molecular flexibility index (Phi) is 3.40. The van der Waals surface area contributed by atoms with Gasteiger partial charge in [0.1, 0.15) is 0 Å². The van der Waals surface area contributed by atoms with Gasteiger partial charge in [-0.3, -0.25) is 16.0 Å². The second-order valence-corrected chi connectivity index (χ2v) is 6.68. The first-order chi connectivity index (χ1) is 9.17. The van der Waals surface area contributed by atoms with Gasteiger partial charge in [-0.05, 0) is 30.5 Å². The van der Waals surface area contributed by atoms with E-state index >= 15 is 0 Å². The van der Waals surface area contributed by atoms with Gasteiger partial charge in [0, 0.05) is 33.4 Å². The number of hydrazine groups is 1. The zero-order valence-corrected chi connectivity index (χ0v) is 12.5. The summed E-state index contributed by atoms with van der Waals surface area (Å²) in [5.41, 5.74) is 5.16. The van der Waals surface area contributed by atoms with Crippen LogP contribution in [0.2, 0.25) is 0 Å². The highest BCUT2D eigenvalue weighted by Gasteiger charge is 2.16. The second kappa shape index (κ2) is 5.05. The summed E-state index contributed by atoms with van der Waals surface area (Å²) in [5.74, 6) is 5.73. The van der Waals surface area contributed by atoms with Crippen molar-refractivity contribution in [1.29, 1.82) is 0 Å². The van der Waals surface area contributed by atoms with Gasteiger partial charge in [-0.2, -0.15) is 5.10 Å². The van der Waals surface area contributed by atoms with Crippen LogP contribution in [0.5, 0.6) is 0 Å². The molecular weight excluding hydrogens is 276 g/mol. The molecule has 3 aromatic rings. The van der Waals surface area contributed by atoms with Crippen LogP contribution in [0.4, 0.5) is 0 Å². The average molecular weight is 292 g/mol. The Bertz CT molecular complexity index is 666. The maximum absolute atomic E-state index is 5.73. The highest BCUT2D eigenvalue weighted by Crippen LogP contribution is 2.34. The number of nitrogens with one attached hydrogen (secondary N) is 1. The second-order valence-electron chi connectivity index (χ2n) is 4.62. The lowest BCUT2D eigenvalue weighted by Crippen LogP contribution is -2.29. The molecule has 0 radical (unpaired) electrons. The molecule has 19 heavy (non-hydrogen) atoms. The van der Waals surface area contributed by atoms with Crippen molar-refractivity contribution in [3.8, 4) is 0 Å². The molecule has 1 unspecified atom stereocenters. The molecule has 0 bridgehead atoms. The molecule has 0 aliphatic rings. The van der Waals surface area contributed by atoms with Crippen LogP contribution in [0, 0.1) is 6.92 Å². The predicted molar refractivity (Wildman–Crippen MR) is 81.4 cm³/mol. The standard InChI is InChI=1S/C13H16N4S2/c1-8-5-9(17(2)16-8)6-10(15-14)12-7-13-11(19-12)3-4-18-13/h3-5,7,10,15H,6,14H2,1-2H3. The van der Waals surface area contributed by atoms with Crippen molar-refractivity contribution in [2.45, 2.75) is 19.4 Å². The Morgan fingerprint density at radius 1 is 1.42 bits per heavy atom. The third-order valence-corrected chi connectivity index (χ3v) is 5.42. The van der Waals surface area contributed by atoms with E-state index in [0.717, 1.165) is 12.1 Å². The third-order valence-electron chi connectivity index (χ3n) is 3.22. The van der Waals surface area contributed by atoms with Crippen LogP contribution in [-0.4, -0.2) is 9.78 Å². The van der Waals surface area contributed by atoms with Crippen molar-refractivity contribution in [2.24, 2.45) is 12.9 Å². The van der Waals surface area contributed by atoms with Gasteiger partial charge in [0.2, 0.25) is 0 Å². The molecule has 0 fully saturated rings. The summed E-state index contributed by atoms with van der Waals surface area (Å²) in [6, 6.07) is 6.65. The zero-order valence-electron chi connectivity index (χ0n) is 10.9. The minimum absolute atomic E-state index is 0.138. The Hall–Kier alpha value is -1.21. The molecule has 100 valence electrons. The first-order valence-electron chi connectivity index (χ1n) is 6.10. The molecular formula is C13H16N4S2. The van der Waals surface area contributed by atoms with Crippen molar-refractivity contribution < 1.29 is 0 Å². The van der Waals surface area contributed by atoms with Crippen LogP contribution < -0.4 is 11.3 Å². The van der Waals surface area contributed by atoms with Crippen molar-refractivity contribution in [2.75, 3.05) is 0 Å². The lowest BCUT2D eigenvalue weighted by molar-refractivity contribution is 0.537. The number of rotatable bonds is 4. The van der Waals surface area contributed by atoms with Gasteiger partial charge in [0.05, 0.1) is 11.7 Å². The monoisotopic (exact) mass is 292 g/mol. The van der Waals surface area contributed by atoms with Crippen molar-refractivity contribution in [1.82, 2.24) is 15.2 Å². The number of aryl methyl sites for hydroxylation is 2. The Morgan fingerprint density at radius 3 is 2.89 bits per heavy atom. The highest BCUT2D eigenvalue weighted by molar-refractivity contribution is 7.26. The summed E-state index contributed by atoms with van der Waals surface area (Å²) < 4.78 is 4.60. The van der Waals surface area contributed by atoms with Crippen molar-refractivity contribution >= 4 is 32.1 Å². The molecule has 0 saturated heterocycles. The number of aromatic nitrogens is 2. The average Bonchev–Trinajstić information content (AvgIpc) is 3.00. The Balaban J connectivity index is 1.88. The van der Waals surface area contributed by atoms with E-state index in [1.54, 1.807) is 22.7 Å². The molecule has 0 amide bonds. The van der Waals surface area contributed by atoms with E-state index in [1.807, 2.05) is 18.7 Å². The van der Waals surface area contributed by atoms with Crippen LogP contribution in [0.25, 0.3) is 9.40 Å². The van der Waals surface area contributed by atoms with E-state index in [1.165, 1.54) is 20.0 Å². The van der Waals surface area contributed by atoms with Gasteiger partial charge >= 0.3 is 0 Å². The summed E-state index contributed by atoms with van der Waals surface area (Å²) in [4.78, 5) is 1.28. The summed E-state index contributed by atoms with van der Waals surface area (Å²) in [7, 11) is 1.98. The first-order valence-corrected chi connectivity index (χ1v) is 7.79. The Morgan fingerprint density at radius 2 is 2.26 bits per heavy atom. The van der Waals surface area contributed by atoms with Crippen LogP contribution in [0.3, 0.4) is 0 Å². The van der Waals surface area contributed by atoms with Crippen LogP contribution in [0.15, 0.2) is 23.6 Å². The number of nitrogens with zero attached hydrogens (tertiary/aromatic N) is 2. The van der Waals surface area contributed by atoms with Crippen molar-refractivity contribution in [3.63, 3.8) is 0 Å². The molecule has 0 spiro atoms. The molecule has 0 aliphatic carbocycles. The van der Waals surface area contributed by atoms with Gasteiger partial charge in [-0.15, -0.1) is 22.7 Å². The molecule has 6 heteroatoms. The van der Waals surface area contributed by atoms with Gasteiger partial charge in [0.15, 0.2) is 0 Å². The summed E-state index contributed by atoms with van der Waals surface area (Å²) in [6.07, 6.45) is 0.849. The van der Waals surface area contributed by atoms with E-state index in [9.17, 15) is 0 Å². The zero-order chi connectivity index (χ0) is 13.4. The molecule has 3 heterocycles. The first kappa shape index (κ1) is 12.8. The van der Waals surface area contributed by atoms with E-state index < -0.39 is 0 Å². The quantitative estimate of drug-likeness (QED) is 0.574. The van der Waals surface area contributed by atoms with Gasteiger partial charge in [-0.25, -0.2) is 0 Å². The predicted octanol–water partition coefficient (Wildman–Crippen LogP) is 2.75. The van der Waals surface area contributed by atoms with Crippen LogP contribution in [0.1, 0.15) is 22.3 Å². The molecule has 3 N–H and O–H groups in total. The maximum atomic E-state index is 5.73. The van der Waals surface area contributed by atoms with Crippen LogP contribution in [-0.2, 0) is 13.5 Å². The van der Waals surface area contributed by atoms with Crippen molar-refractivity contribution in [3.05, 3.63) is 39.8 Å². The minimum atomic E-state index is 0.138. The van der Waals surface area contributed by atoms with Crippen LogP contribution >= 0.6 is 22.7 Å². The summed E-state index contributed by atoms with van der Waals surface area (Å²) >= 11 is 3.58. The number of hydrogen-bond donors (Lipinski definition) is 2. The lowest BCUT2D eigenvalue weighted by Gasteiger charge is -2.14. The number of hydrogen-bond acceptors (Lipinski definition) is 5. The maximum Gasteiger partial charge on any atom is 0.0609 e. The normalized spacial score (nSPS) is 13.2. The molecule has 3 rings (SSSR count). The van der Waals surface area contributed by atoms with Gasteiger partial charge in [-0.1, -0.05) is 0 Å². The third kappa shape index (κ3) is 2.44. The largest absolute Gasteiger partial charge is 0.272 e. The minimum Gasteiger partial charge on any atom is -0.272 e. The summed E-state index contributed by atoms with van der Waals surface area (Å²) in [5, 5.41) is 6.50. The molecule has 0 aliphatic heterocycles. The number of fused-ring (bicyclic) bond motifs is 1. The highest BCUT2D eigenvalue weighted by atomic mass is 32.1. The fraction of sp³-hybridized carbons (Fsp3) is 0.308. The van der Waals surface area contributed by atoms with E-state index in [2.05, 4.69) is 34.1 Å². The van der Waals surface area contributed by atoms with E-state index in [0.29, 0.717) is 0 Å².